The van der Waals surface area contributed by atoms with E-state index in [4.69, 9.17) is 0 Å². The van der Waals surface area contributed by atoms with Gasteiger partial charge in [-0.1, -0.05) is 0 Å². The zero-order valence-corrected chi connectivity index (χ0v) is 12.9. The zero-order chi connectivity index (χ0) is 17.4. The van der Waals surface area contributed by atoms with Gasteiger partial charge in [-0.3, -0.25) is 10.1 Å². The average Bonchev–Trinajstić information content (AvgIpc) is 2.96. The molecule has 2 rings (SSSR count). The molecule has 0 fully saturated rings. The highest BCUT2D eigenvalue weighted by atomic mass is 32.2. The smallest absolute Gasteiger partial charge is 0.308 e. The number of nitrogens with zero attached hydrogens (tertiary/aromatic N) is 4. The third-order valence-corrected chi connectivity index (χ3v) is 4.80. The summed E-state index contributed by atoms with van der Waals surface area (Å²) in [4.78, 5) is 13.7. The Morgan fingerprint density at radius 2 is 2.09 bits per heavy atom. The molecule has 23 heavy (non-hydrogen) atoms. The maximum Gasteiger partial charge on any atom is 0.308 e. The summed E-state index contributed by atoms with van der Waals surface area (Å²) < 4.78 is 39.7. The molecule has 0 aliphatic heterocycles. The van der Waals surface area contributed by atoms with E-state index in [0.717, 1.165) is 34.9 Å². The topological polar surface area (TPSA) is 119 Å². The SMILES string of the molecule is CN(C)S(=O)(=O)n1ccnc1C(O)c1cc([N+](=O)[O-])ccc1F. The molecule has 11 heteroatoms. The highest BCUT2D eigenvalue weighted by Crippen LogP contribution is 2.27. The van der Waals surface area contributed by atoms with Crippen LogP contribution >= 0.6 is 0 Å². The predicted molar refractivity (Wildman–Crippen MR) is 77.3 cm³/mol. The highest BCUT2D eigenvalue weighted by Gasteiger charge is 2.27. The molecule has 0 bridgehead atoms. The van der Waals surface area contributed by atoms with Gasteiger partial charge < -0.3 is 5.11 Å². The molecule has 0 aliphatic rings. The van der Waals surface area contributed by atoms with Crippen molar-refractivity contribution < 1.29 is 22.8 Å². The molecule has 0 spiro atoms. The minimum absolute atomic E-state index is 0.377. The standard InChI is InChI=1S/C12H13FN4O5S/c1-15(2)23(21,22)16-6-5-14-12(16)11(18)9-7-8(17(19)20)3-4-10(9)13/h3-7,11,18H,1-2H3. The fraction of sp³-hybridized carbons (Fsp3) is 0.250. The Labute approximate surface area is 130 Å². The first-order valence-electron chi connectivity index (χ1n) is 6.24. The maximum absolute atomic E-state index is 13.9. The molecule has 9 nitrogen and oxygen atoms in total. The Morgan fingerprint density at radius 3 is 2.65 bits per heavy atom. The fourth-order valence-corrected chi connectivity index (χ4v) is 2.80. The Bertz CT molecular complexity index is 849. The second-order valence-corrected chi connectivity index (χ2v) is 6.76. The summed E-state index contributed by atoms with van der Waals surface area (Å²) in [5, 5.41) is 21.0. The van der Waals surface area contributed by atoms with E-state index in [1.807, 2.05) is 0 Å². The molecule has 0 saturated carbocycles. The lowest BCUT2D eigenvalue weighted by Crippen LogP contribution is -2.30. The van der Waals surface area contributed by atoms with Crippen molar-refractivity contribution in [3.05, 3.63) is 57.9 Å². The van der Waals surface area contributed by atoms with Crippen LogP contribution in [0, 0.1) is 15.9 Å². The van der Waals surface area contributed by atoms with Crippen LogP contribution in [0.25, 0.3) is 0 Å². The first-order chi connectivity index (χ1) is 10.7. The zero-order valence-electron chi connectivity index (χ0n) is 12.1. The molecular formula is C12H13FN4O5S. The Morgan fingerprint density at radius 1 is 1.43 bits per heavy atom. The number of rotatable bonds is 5. The van der Waals surface area contributed by atoms with Gasteiger partial charge in [-0.2, -0.15) is 12.7 Å². The van der Waals surface area contributed by atoms with Crippen molar-refractivity contribution in [2.45, 2.75) is 6.10 Å². The Hall–Kier alpha value is -2.37. The Balaban J connectivity index is 2.56. The summed E-state index contributed by atoms with van der Waals surface area (Å²) in [6.45, 7) is 0. The summed E-state index contributed by atoms with van der Waals surface area (Å²) in [6, 6.07) is 2.60. The van der Waals surface area contributed by atoms with Gasteiger partial charge in [0.25, 0.3) is 5.69 Å². The second-order valence-electron chi connectivity index (χ2n) is 4.74. The number of nitro groups is 1. The van der Waals surface area contributed by atoms with Crippen LogP contribution in [0.4, 0.5) is 10.1 Å². The van der Waals surface area contributed by atoms with E-state index < -0.39 is 38.3 Å². The van der Waals surface area contributed by atoms with Crippen molar-refractivity contribution in [1.82, 2.24) is 13.3 Å². The minimum Gasteiger partial charge on any atom is -0.380 e. The van der Waals surface area contributed by atoms with Crippen LogP contribution in [0.3, 0.4) is 0 Å². The van der Waals surface area contributed by atoms with Gasteiger partial charge in [0.05, 0.1) is 4.92 Å². The van der Waals surface area contributed by atoms with Crippen LogP contribution in [0.2, 0.25) is 0 Å². The van der Waals surface area contributed by atoms with Crippen LogP contribution in [-0.4, -0.2) is 45.8 Å². The number of hydrogen-bond acceptors (Lipinski definition) is 6. The molecular weight excluding hydrogens is 331 g/mol. The molecule has 124 valence electrons. The largest absolute Gasteiger partial charge is 0.380 e. The number of benzene rings is 1. The molecule has 1 N–H and O–H groups in total. The number of non-ortho nitro benzene ring substituents is 1. The number of imidazole rings is 1. The van der Waals surface area contributed by atoms with Crippen molar-refractivity contribution in [3.8, 4) is 0 Å². The van der Waals surface area contributed by atoms with Crippen LogP contribution in [-0.2, 0) is 10.2 Å². The maximum atomic E-state index is 13.9. The van der Waals surface area contributed by atoms with Crippen molar-refractivity contribution >= 4 is 15.9 Å². The molecule has 1 unspecified atom stereocenters. The monoisotopic (exact) mass is 344 g/mol. The highest BCUT2D eigenvalue weighted by molar-refractivity contribution is 7.87. The third kappa shape index (κ3) is 3.06. The van der Waals surface area contributed by atoms with Gasteiger partial charge in [0.15, 0.2) is 5.82 Å². The number of nitro benzene ring substituents is 1. The third-order valence-electron chi connectivity index (χ3n) is 3.07. The molecule has 1 aromatic carbocycles. The molecule has 1 aromatic heterocycles. The van der Waals surface area contributed by atoms with E-state index in [-0.39, 0.29) is 5.82 Å². The minimum atomic E-state index is -3.99. The van der Waals surface area contributed by atoms with Gasteiger partial charge in [0.2, 0.25) is 0 Å². The lowest BCUT2D eigenvalue weighted by atomic mass is 10.1. The van der Waals surface area contributed by atoms with E-state index in [1.54, 1.807) is 0 Å². The predicted octanol–water partition coefficient (Wildman–Crippen LogP) is 0.667. The van der Waals surface area contributed by atoms with E-state index >= 15 is 0 Å². The lowest BCUT2D eigenvalue weighted by Gasteiger charge is -2.17. The van der Waals surface area contributed by atoms with Crippen molar-refractivity contribution in [3.63, 3.8) is 0 Å². The molecule has 1 heterocycles. The van der Waals surface area contributed by atoms with E-state index in [1.165, 1.54) is 14.1 Å². The second kappa shape index (κ2) is 6.02. The number of hydrogen-bond donors (Lipinski definition) is 1. The van der Waals surface area contributed by atoms with E-state index in [0.29, 0.717) is 3.97 Å². The van der Waals surface area contributed by atoms with Gasteiger partial charge in [-0.05, 0) is 6.07 Å². The van der Waals surface area contributed by atoms with E-state index in [2.05, 4.69) is 4.98 Å². The molecule has 0 saturated heterocycles. The van der Waals surface area contributed by atoms with Gasteiger partial charge in [0, 0.05) is 44.2 Å². The molecule has 2 aromatic rings. The van der Waals surface area contributed by atoms with Gasteiger partial charge in [0.1, 0.15) is 11.9 Å². The van der Waals surface area contributed by atoms with Gasteiger partial charge in [-0.15, -0.1) is 0 Å². The van der Waals surface area contributed by atoms with Gasteiger partial charge in [-0.25, -0.2) is 13.3 Å². The summed E-state index contributed by atoms with van der Waals surface area (Å²) in [5.41, 5.74) is -0.880. The number of aliphatic hydroxyl groups is 1. The quantitative estimate of drug-likeness (QED) is 0.629. The number of aromatic nitrogens is 2. The summed E-state index contributed by atoms with van der Waals surface area (Å²) in [6.07, 6.45) is 0.414. The number of halogens is 1. The van der Waals surface area contributed by atoms with Crippen molar-refractivity contribution in [2.75, 3.05) is 14.1 Å². The Kier molecular flexibility index (Phi) is 4.45. The first-order valence-corrected chi connectivity index (χ1v) is 7.64. The summed E-state index contributed by atoms with van der Waals surface area (Å²) in [5.74, 6) is -1.29. The summed E-state index contributed by atoms with van der Waals surface area (Å²) in [7, 11) is -1.43. The van der Waals surface area contributed by atoms with Crippen molar-refractivity contribution in [2.24, 2.45) is 0 Å². The number of aliphatic hydroxyl groups excluding tert-OH is 1. The van der Waals surface area contributed by atoms with E-state index in [9.17, 15) is 28.0 Å². The lowest BCUT2D eigenvalue weighted by molar-refractivity contribution is -0.385. The summed E-state index contributed by atoms with van der Waals surface area (Å²) >= 11 is 0. The first kappa shape index (κ1) is 17.0. The normalized spacial score (nSPS) is 13.3. The molecule has 0 amide bonds. The fourth-order valence-electron chi connectivity index (χ4n) is 1.86. The van der Waals surface area contributed by atoms with Crippen LogP contribution in [0.1, 0.15) is 17.5 Å². The molecule has 0 aliphatic carbocycles. The molecule has 1 atom stereocenters. The van der Waals surface area contributed by atoms with Crippen LogP contribution in [0.5, 0.6) is 0 Å². The van der Waals surface area contributed by atoms with Crippen molar-refractivity contribution in [1.29, 1.82) is 0 Å². The molecule has 0 radical (unpaired) electrons. The van der Waals surface area contributed by atoms with Crippen LogP contribution in [0.15, 0.2) is 30.6 Å². The van der Waals surface area contributed by atoms with Crippen LogP contribution < -0.4 is 0 Å². The average molecular weight is 344 g/mol. The van der Waals surface area contributed by atoms with Gasteiger partial charge >= 0.3 is 10.2 Å².